The maximum Gasteiger partial charge on any atom is 0.143 e. The van der Waals surface area contributed by atoms with E-state index in [4.69, 9.17) is 4.42 Å². The summed E-state index contributed by atoms with van der Waals surface area (Å²) in [5.41, 5.74) is 12.9. The number of furan rings is 1. The lowest BCUT2D eigenvalue weighted by molar-refractivity contribution is 0.653. The van der Waals surface area contributed by atoms with Gasteiger partial charge in [-0.3, -0.25) is 0 Å². The standard InChI is InChI=1S/C41H25N3O/c1-41(2)33-9-5-3-8-30(33)39-34(41)16-15-29-32-21-26(13-18-38(32)45-40(29)39)27-14-11-25(23-43)20-37(27)44-35-10-6-4-7-28(35)31-19-24(22-42)12-17-36(31)44/h3-21H,1-2H3. The highest BCUT2D eigenvalue weighted by Gasteiger charge is 2.37. The van der Waals surface area contributed by atoms with E-state index in [9.17, 15) is 10.5 Å². The summed E-state index contributed by atoms with van der Waals surface area (Å²) < 4.78 is 8.85. The van der Waals surface area contributed by atoms with Crippen LogP contribution in [0.5, 0.6) is 0 Å². The Morgan fingerprint density at radius 3 is 2.22 bits per heavy atom. The summed E-state index contributed by atoms with van der Waals surface area (Å²) in [5, 5.41) is 23.8. The van der Waals surface area contributed by atoms with Crippen molar-refractivity contribution in [3.05, 3.63) is 138 Å². The van der Waals surface area contributed by atoms with Crippen LogP contribution in [0.4, 0.5) is 0 Å². The monoisotopic (exact) mass is 575 g/mol. The van der Waals surface area contributed by atoms with Gasteiger partial charge in [0.1, 0.15) is 11.2 Å². The number of para-hydroxylation sites is 1. The number of fused-ring (bicyclic) bond motifs is 10. The molecule has 4 nitrogen and oxygen atoms in total. The Kier molecular flexibility index (Phi) is 5.06. The normalized spacial score (nSPS) is 13.2. The summed E-state index contributed by atoms with van der Waals surface area (Å²) in [6, 6.07) is 44.0. The van der Waals surface area contributed by atoms with Crippen molar-refractivity contribution in [2.24, 2.45) is 0 Å². The molecule has 2 aromatic heterocycles. The highest BCUT2D eigenvalue weighted by Crippen LogP contribution is 2.52. The van der Waals surface area contributed by atoms with Gasteiger partial charge in [0, 0.05) is 38.1 Å². The summed E-state index contributed by atoms with van der Waals surface area (Å²) in [5.74, 6) is 0. The zero-order valence-electron chi connectivity index (χ0n) is 24.7. The van der Waals surface area contributed by atoms with E-state index in [0.717, 1.165) is 60.6 Å². The second-order valence-corrected chi connectivity index (χ2v) is 12.4. The highest BCUT2D eigenvalue weighted by molar-refractivity contribution is 6.13. The molecule has 0 atom stereocenters. The van der Waals surface area contributed by atoms with E-state index in [1.807, 2.05) is 48.5 Å². The van der Waals surface area contributed by atoms with Crippen LogP contribution in [0.25, 0.3) is 71.7 Å². The van der Waals surface area contributed by atoms with E-state index in [1.54, 1.807) is 0 Å². The zero-order chi connectivity index (χ0) is 30.4. The molecule has 0 aliphatic heterocycles. The third kappa shape index (κ3) is 3.40. The molecule has 1 aliphatic carbocycles. The largest absolute Gasteiger partial charge is 0.455 e. The highest BCUT2D eigenvalue weighted by atomic mass is 16.3. The van der Waals surface area contributed by atoms with Gasteiger partial charge in [0.15, 0.2) is 0 Å². The lowest BCUT2D eigenvalue weighted by atomic mass is 9.82. The second kappa shape index (κ2) is 8.96. The Morgan fingerprint density at radius 2 is 1.36 bits per heavy atom. The van der Waals surface area contributed by atoms with E-state index in [1.165, 1.54) is 22.3 Å². The smallest absolute Gasteiger partial charge is 0.143 e. The molecule has 9 rings (SSSR count). The van der Waals surface area contributed by atoms with E-state index in [2.05, 4.69) is 97.3 Å². The first-order valence-electron chi connectivity index (χ1n) is 15.1. The molecule has 0 amide bonds. The van der Waals surface area contributed by atoms with Gasteiger partial charge in [-0.25, -0.2) is 0 Å². The van der Waals surface area contributed by atoms with Crippen molar-refractivity contribution < 1.29 is 4.42 Å². The molecule has 0 unspecified atom stereocenters. The van der Waals surface area contributed by atoms with Gasteiger partial charge >= 0.3 is 0 Å². The van der Waals surface area contributed by atoms with Gasteiger partial charge < -0.3 is 8.98 Å². The van der Waals surface area contributed by atoms with Crippen molar-refractivity contribution in [3.8, 4) is 40.1 Å². The number of nitrogens with zero attached hydrogens (tertiary/aromatic N) is 3. The minimum absolute atomic E-state index is 0.0992. The lowest BCUT2D eigenvalue weighted by Crippen LogP contribution is -2.14. The van der Waals surface area contributed by atoms with Gasteiger partial charge in [0.2, 0.25) is 0 Å². The molecular weight excluding hydrogens is 550 g/mol. The molecule has 210 valence electrons. The summed E-state index contributed by atoms with van der Waals surface area (Å²) in [6.07, 6.45) is 0. The molecule has 1 aliphatic rings. The molecule has 2 heterocycles. The second-order valence-electron chi connectivity index (χ2n) is 12.4. The Hall–Kier alpha value is -6.10. The van der Waals surface area contributed by atoms with Crippen molar-refractivity contribution in [2.75, 3.05) is 0 Å². The Morgan fingerprint density at radius 1 is 0.600 bits per heavy atom. The van der Waals surface area contributed by atoms with Crippen LogP contribution in [-0.2, 0) is 5.41 Å². The Balaban J connectivity index is 1.31. The Labute approximate surface area is 259 Å². The minimum atomic E-state index is -0.0992. The van der Waals surface area contributed by atoms with E-state index < -0.39 is 0 Å². The lowest BCUT2D eigenvalue weighted by Gasteiger charge is -2.21. The third-order valence-corrected chi connectivity index (χ3v) is 9.66. The quantitative estimate of drug-likeness (QED) is 0.206. The van der Waals surface area contributed by atoms with Crippen molar-refractivity contribution in [1.29, 1.82) is 10.5 Å². The molecular formula is C41H25N3O. The molecule has 0 N–H and O–H groups in total. The zero-order valence-corrected chi connectivity index (χ0v) is 24.7. The van der Waals surface area contributed by atoms with Crippen LogP contribution in [0.3, 0.4) is 0 Å². The molecule has 0 saturated heterocycles. The van der Waals surface area contributed by atoms with E-state index >= 15 is 0 Å². The number of hydrogen-bond donors (Lipinski definition) is 0. The van der Waals surface area contributed by atoms with Crippen molar-refractivity contribution in [2.45, 2.75) is 19.3 Å². The van der Waals surface area contributed by atoms with Crippen LogP contribution in [0, 0.1) is 22.7 Å². The van der Waals surface area contributed by atoms with Gasteiger partial charge in [-0.05, 0) is 70.8 Å². The van der Waals surface area contributed by atoms with E-state index in [0.29, 0.717) is 11.1 Å². The Bertz CT molecular complexity index is 2650. The predicted octanol–water partition coefficient (Wildman–Crippen LogP) is 10.4. The average Bonchev–Trinajstić information content (AvgIpc) is 3.69. The third-order valence-electron chi connectivity index (χ3n) is 9.66. The summed E-state index contributed by atoms with van der Waals surface area (Å²) in [7, 11) is 0. The van der Waals surface area contributed by atoms with Gasteiger partial charge in [0.25, 0.3) is 0 Å². The van der Waals surface area contributed by atoms with Crippen LogP contribution in [0.15, 0.2) is 120 Å². The van der Waals surface area contributed by atoms with Gasteiger partial charge in [0.05, 0.1) is 40.0 Å². The maximum absolute atomic E-state index is 9.92. The predicted molar refractivity (Wildman–Crippen MR) is 180 cm³/mol. The van der Waals surface area contributed by atoms with Crippen LogP contribution in [0.2, 0.25) is 0 Å². The van der Waals surface area contributed by atoms with Crippen molar-refractivity contribution >= 4 is 43.7 Å². The van der Waals surface area contributed by atoms with Gasteiger partial charge in [-0.1, -0.05) is 80.6 Å². The molecule has 0 radical (unpaired) electrons. The van der Waals surface area contributed by atoms with E-state index in [-0.39, 0.29) is 5.41 Å². The first-order chi connectivity index (χ1) is 22.0. The summed E-state index contributed by atoms with van der Waals surface area (Å²) >= 11 is 0. The molecule has 45 heavy (non-hydrogen) atoms. The fourth-order valence-corrected chi connectivity index (χ4v) is 7.52. The first kappa shape index (κ1) is 25.4. The van der Waals surface area contributed by atoms with Crippen molar-refractivity contribution in [3.63, 3.8) is 0 Å². The molecule has 0 spiro atoms. The van der Waals surface area contributed by atoms with Crippen LogP contribution in [-0.4, -0.2) is 4.57 Å². The number of hydrogen-bond acceptors (Lipinski definition) is 3. The molecule has 4 heteroatoms. The van der Waals surface area contributed by atoms with Gasteiger partial charge in [-0.15, -0.1) is 0 Å². The number of benzene rings is 6. The summed E-state index contributed by atoms with van der Waals surface area (Å²) in [6.45, 7) is 4.57. The molecule has 0 fully saturated rings. The van der Waals surface area contributed by atoms with Crippen LogP contribution < -0.4 is 0 Å². The maximum atomic E-state index is 9.92. The molecule has 0 saturated carbocycles. The SMILES string of the molecule is CC1(C)c2ccccc2-c2c1ccc1c2oc2ccc(-c3ccc(C#N)cc3-n3c4ccccc4c4cc(C#N)ccc43)cc21. The number of nitriles is 2. The molecule has 0 bridgehead atoms. The number of rotatable bonds is 2. The molecule has 6 aromatic carbocycles. The van der Waals surface area contributed by atoms with Crippen molar-refractivity contribution in [1.82, 2.24) is 4.57 Å². The summed E-state index contributed by atoms with van der Waals surface area (Å²) in [4.78, 5) is 0. The van der Waals surface area contributed by atoms with Gasteiger partial charge in [-0.2, -0.15) is 10.5 Å². The minimum Gasteiger partial charge on any atom is -0.455 e. The molecule has 8 aromatic rings. The average molecular weight is 576 g/mol. The fraction of sp³-hybridized carbons (Fsp3) is 0.0732. The number of aromatic nitrogens is 1. The first-order valence-corrected chi connectivity index (χ1v) is 15.1. The van der Waals surface area contributed by atoms with Crippen LogP contribution >= 0.6 is 0 Å². The van der Waals surface area contributed by atoms with Crippen LogP contribution in [0.1, 0.15) is 36.1 Å². The topological polar surface area (TPSA) is 65.7 Å². The fourth-order valence-electron chi connectivity index (χ4n) is 7.52.